The van der Waals surface area contributed by atoms with Gasteiger partial charge in [0.15, 0.2) is 11.5 Å². The standard InChI is InChI=1S/C18H28N2O4.ClH/c1-12-9-14(7-8-19-12)20-17(21)6-5-13-10-15(22-2)18(24-4)16(11-13)23-3;/h10-12,14,19H,5-9H2,1-4H3,(H,20,21);1H. The molecule has 1 heterocycles. The van der Waals surface area contributed by atoms with Gasteiger partial charge in [0.2, 0.25) is 11.7 Å². The molecule has 1 saturated heterocycles. The van der Waals surface area contributed by atoms with E-state index in [4.69, 9.17) is 14.2 Å². The molecule has 0 bridgehead atoms. The second-order valence-corrected chi connectivity index (χ2v) is 6.18. The Morgan fingerprint density at radius 2 is 1.84 bits per heavy atom. The summed E-state index contributed by atoms with van der Waals surface area (Å²) in [4.78, 5) is 12.2. The van der Waals surface area contributed by atoms with Crippen molar-refractivity contribution in [3.05, 3.63) is 17.7 Å². The molecular formula is C18H29ClN2O4. The predicted molar refractivity (Wildman–Crippen MR) is 100 cm³/mol. The van der Waals surface area contributed by atoms with Crippen LogP contribution in [0.25, 0.3) is 0 Å². The van der Waals surface area contributed by atoms with Crippen molar-refractivity contribution >= 4 is 18.3 Å². The summed E-state index contributed by atoms with van der Waals surface area (Å²) in [6, 6.07) is 4.51. The molecule has 2 N–H and O–H groups in total. The van der Waals surface area contributed by atoms with Gasteiger partial charge >= 0.3 is 0 Å². The van der Waals surface area contributed by atoms with Crippen LogP contribution in [0.4, 0.5) is 0 Å². The highest BCUT2D eigenvalue weighted by Crippen LogP contribution is 2.38. The smallest absolute Gasteiger partial charge is 0.220 e. The summed E-state index contributed by atoms with van der Waals surface area (Å²) in [5, 5.41) is 6.52. The molecule has 1 aromatic rings. The fraction of sp³-hybridized carbons (Fsp3) is 0.611. The van der Waals surface area contributed by atoms with Crippen LogP contribution in [0.1, 0.15) is 31.7 Å². The van der Waals surface area contributed by atoms with Gasteiger partial charge in [-0.2, -0.15) is 0 Å². The van der Waals surface area contributed by atoms with Crippen LogP contribution in [-0.2, 0) is 11.2 Å². The van der Waals surface area contributed by atoms with E-state index in [0.29, 0.717) is 36.1 Å². The summed E-state index contributed by atoms with van der Waals surface area (Å²) >= 11 is 0. The molecule has 0 aromatic heterocycles. The number of ether oxygens (including phenoxy) is 3. The van der Waals surface area contributed by atoms with Crippen LogP contribution >= 0.6 is 12.4 Å². The minimum Gasteiger partial charge on any atom is -0.493 e. The third kappa shape index (κ3) is 5.97. The Balaban J connectivity index is 0.00000312. The van der Waals surface area contributed by atoms with E-state index in [0.717, 1.165) is 24.9 Å². The van der Waals surface area contributed by atoms with E-state index >= 15 is 0 Å². The molecule has 0 saturated carbocycles. The molecule has 0 spiro atoms. The highest BCUT2D eigenvalue weighted by molar-refractivity contribution is 5.85. The lowest BCUT2D eigenvalue weighted by Gasteiger charge is -2.28. The lowest BCUT2D eigenvalue weighted by atomic mass is 10.00. The molecule has 1 aromatic carbocycles. The van der Waals surface area contributed by atoms with Crippen molar-refractivity contribution in [2.45, 2.75) is 44.7 Å². The third-order valence-corrected chi connectivity index (χ3v) is 4.35. The van der Waals surface area contributed by atoms with Gasteiger partial charge in [0.05, 0.1) is 21.3 Å². The molecule has 2 atom stereocenters. The van der Waals surface area contributed by atoms with Crippen LogP contribution < -0.4 is 24.8 Å². The average molecular weight is 373 g/mol. The number of amides is 1. The first kappa shape index (κ1) is 21.4. The quantitative estimate of drug-likeness (QED) is 0.768. The molecule has 142 valence electrons. The first-order valence-corrected chi connectivity index (χ1v) is 8.39. The highest BCUT2D eigenvalue weighted by Gasteiger charge is 2.20. The number of methoxy groups -OCH3 is 3. The summed E-state index contributed by atoms with van der Waals surface area (Å²) in [5.41, 5.74) is 0.985. The Bertz CT molecular complexity index is 543. The topological polar surface area (TPSA) is 68.8 Å². The Hall–Kier alpha value is -1.66. The molecule has 7 heteroatoms. The van der Waals surface area contributed by atoms with Crippen LogP contribution in [-0.4, -0.2) is 45.9 Å². The second kappa shape index (κ2) is 10.4. The SMILES string of the molecule is COc1cc(CCC(=O)NC2CCNC(C)C2)cc(OC)c1OC.Cl. The number of aryl methyl sites for hydroxylation is 1. The molecule has 1 fully saturated rings. The van der Waals surface area contributed by atoms with Crippen LogP contribution in [0.15, 0.2) is 12.1 Å². The molecule has 0 radical (unpaired) electrons. The largest absolute Gasteiger partial charge is 0.493 e. The summed E-state index contributed by atoms with van der Waals surface area (Å²) in [7, 11) is 4.76. The van der Waals surface area contributed by atoms with Gasteiger partial charge in [-0.15, -0.1) is 12.4 Å². The summed E-state index contributed by atoms with van der Waals surface area (Å²) in [5.74, 6) is 1.87. The number of carbonyl (C=O) groups is 1. The van der Waals surface area contributed by atoms with E-state index in [1.54, 1.807) is 21.3 Å². The zero-order valence-electron chi connectivity index (χ0n) is 15.4. The van der Waals surface area contributed by atoms with E-state index in [1.165, 1.54) is 0 Å². The van der Waals surface area contributed by atoms with E-state index < -0.39 is 0 Å². The summed E-state index contributed by atoms with van der Waals surface area (Å²) in [6.45, 7) is 3.10. The van der Waals surface area contributed by atoms with Gasteiger partial charge in [0, 0.05) is 18.5 Å². The Labute approximate surface area is 156 Å². The lowest BCUT2D eigenvalue weighted by molar-refractivity contribution is -0.122. The van der Waals surface area contributed by atoms with Crippen molar-refractivity contribution in [2.24, 2.45) is 0 Å². The van der Waals surface area contributed by atoms with E-state index in [2.05, 4.69) is 17.6 Å². The second-order valence-electron chi connectivity index (χ2n) is 6.18. The normalized spacial score (nSPS) is 19.5. The zero-order chi connectivity index (χ0) is 17.5. The minimum atomic E-state index is 0. The Kier molecular flexibility index (Phi) is 8.86. The highest BCUT2D eigenvalue weighted by atomic mass is 35.5. The van der Waals surface area contributed by atoms with Crippen LogP contribution in [0.2, 0.25) is 0 Å². The van der Waals surface area contributed by atoms with Gasteiger partial charge in [-0.1, -0.05) is 0 Å². The van der Waals surface area contributed by atoms with Crippen molar-refractivity contribution in [1.82, 2.24) is 10.6 Å². The van der Waals surface area contributed by atoms with Crippen LogP contribution in [0, 0.1) is 0 Å². The number of benzene rings is 1. The monoisotopic (exact) mass is 372 g/mol. The third-order valence-electron chi connectivity index (χ3n) is 4.35. The van der Waals surface area contributed by atoms with E-state index in [1.807, 2.05) is 12.1 Å². The number of halogens is 1. The van der Waals surface area contributed by atoms with Crippen molar-refractivity contribution in [3.63, 3.8) is 0 Å². The van der Waals surface area contributed by atoms with E-state index in [9.17, 15) is 4.79 Å². The maximum absolute atomic E-state index is 12.2. The number of carbonyl (C=O) groups excluding carboxylic acids is 1. The number of piperidine rings is 1. The fourth-order valence-electron chi connectivity index (χ4n) is 3.10. The molecular weight excluding hydrogens is 344 g/mol. The summed E-state index contributed by atoms with van der Waals surface area (Å²) in [6.07, 6.45) is 3.04. The maximum atomic E-state index is 12.2. The van der Waals surface area contributed by atoms with Crippen molar-refractivity contribution in [2.75, 3.05) is 27.9 Å². The van der Waals surface area contributed by atoms with Gasteiger partial charge < -0.3 is 24.8 Å². The van der Waals surface area contributed by atoms with Gasteiger partial charge in [-0.3, -0.25) is 4.79 Å². The number of rotatable bonds is 7. The van der Waals surface area contributed by atoms with Crippen molar-refractivity contribution < 1.29 is 19.0 Å². The lowest BCUT2D eigenvalue weighted by Crippen LogP contribution is -2.46. The Morgan fingerprint density at radius 3 is 2.36 bits per heavy atom. The van der Waals surface area contributed by atoms with Crippen LogP contribution in [0.5, 0.6) is 17.2 Å². The first-order valence-electron chi connectivity index (χ1n) is 8.39. The number of hydrogen-bond donors (Lipinski definition) is 2. The maximum Gasteiger partial charge on any atom is 0.220 e. The van der Waals surface area contributed by atoms with Gasteiger partial charge in [-0.25, -0.2) is 0 Å². The molecule has 2 rings (SSSR count). The van der Waals surface area contributed by atoms with Gasteiger partial charge in [0.1, 0.15) is 0 Å². The fourth-order valence-corrected chi connectivity index (χ4v) is 3.10. The molecule has 1 amide bonds. The molecule has 0 aliphatic carbocycles. The number of hydrogen-bond acceptors (Lipinski definition) is 5. The molecule has 1 aliphatic heterocycles. The van der Waals surface area contributed by atoms with Crippen LogP contribution in [0.3, 0.4) is 0 Å². The molecule has 1 aliphatic rings. The first-order chi connectivity index (χ1) is 11.6. The molecule has 6 nitrogen and oxygen atoms in total. The predicted octanol–water partition coefficient (Wildman–Crippen LogP) is 2.32. The zero-order valence-corrected chi connectivity index (χ0v) is 16.2. The summed E-state index contributed by atoms with van der Waals surface area (Å²) < 4.78 is 16.0. The number of nitrogens with one attached hydrogen (secondary N) is 2. The van der Waals surface area contributed by atoms with E-state index in [-0.39, 0.29) is 24.4 Å². The van der Waals surface area contributed by atoms with Gasteiger partial charge in [-0.05, 0) is 50.4 Å². The Morgan fingerprint density at radius 1 is 1.20 bits per heavy atom. The van der Waals surface area contributed by atoms with Crippen molar-refractivity contribution in [3.8, 4) is 17.2 Å². The van der Waals surface area contributed by atoms with Crippen molar-refractivity contribution in [1.29, 1.82) is 0 Å². The molecule has 2 unspecified atom stereocenters. The van der Waals surface area contributed by atoms with Gasteiger partial charge in [0.25, 0.3) is 0 Å². The minimum absolute atomic E-state index is 0. The average Bonchev–Trinajstić information content (AvgIpc) is 2.58. The molecule has 25 heavy (non-hydrogen) atoms.